The summed E-state index contributed by atoms with van der Waals surface area (Å²) in [5, 5.41) is 10.5. The van der Waals surface area contributed by atoms with Gasteiger partial charge in [0.2, 0.25) is 0 Å². The Bertz CT molecular complexity index is 778. The maximum Gasteiger partial charge on any atom is 0.255 e. The van der Waals surface area contributed by atoms with E-state index in [4.69, 9.17) is 0 Å². The molecule has 1 fully saturated rings. The normalized spacial score (nSPS) is 18.6. The molecular formula is C20H26N4O. The van der Waals surface area contributed by atoms with E-state index in [0.717, 1.165) is 55.8 Å². The Balaban J connectivity index is 1.37. The highest BCUT2D eigenvalue weighted by molar-refractivity contribution is 5.96. The molecule has 2 heterocycles. The Morgan fingerprint density at radius 1 is 1.36 bits per heavy atom. The summed E-state index contributed by atoms with van der Waals surface area (Å²) in [6, 6.07) is 8.76. The molecule has 0 saturated heterocycles. The van der Waals surface area contributed by atoms with Crippen molar-refractivity contribution in [3.05, 3.63) is 52.3 Å². The lowest BCUT2D eigenvalue weighted by Crippen LogP contribution is -2.43. The molecule has 1 atom stereocenters. The number of benzene rings is 1. The SMILES string of the molecule is Cc1[nH]nc(C2CC2)c1C(=O)N[C@@H](C)CN1CCc2ccccc2C1. The molecule has 5 heteroatoms. The summed E-state index contributed by atoms with van der Waals surface area (Å²) < 4.78 is 0. The summed E-state index contributed by atoms with van der Waals surface area (Å²) in [4.78, 5) is 15.2. The van der Waals surface area contributed by atoms with Gasteiger partial charge in [-0.3, -0.25) is 14.8 Å². The molecule has 1 aliphatic carbocycles. The summed E-state index contributed by atoms with van der Waals surface area (Å²) in [6.45, 7) is 6.91. The highest BCUT2D eigenvalue weighted by Gasteiger charge is 2.32. The Hall–Kier alpha value is -2.14. The highest BCUT2D eigenvalue weighted by Crippen LogP contribution is 2.41. The predicted molar refractivity (Wildman–Crippen MR) is 97.7 cm³/mol. The lowest BCUT2D eigenvalue weighted by atomic mass is 9.99. The van der Waals surface area contributed by atoms with Gasteiger partial charge in [0.25, 0.3) is 5.91 Å². The van der Waals surface area contributed by atoms with Gasteiger partial charge in [-0.25, -0.2) is 0 Å². The molecule has 0 radical (unpaired) electrons. The van der Waals surface area contributed by atoms with Crippen LogP contribution >= 0.6 is 0 Å². The number of nitrogens with one attached hydrogen (secondary N) is 2. The standard InChI is InChI=1S/C20H26N4O/c1-13(11-24-10-9-15-5-3-4-6-17(15)12-24)21-20(25)18-14(2)22-23-19(18)16-7-8-16/h3-6,13,16H,7-12H2,1-2H3,(H,21,25)(H,22,23)/t13-/m0/s1. The van der Waals surface area contributed by atoms with Crippen LogP contribution < -0.4 is 5.32 Å². The van der Waals surface area contributed by atoms with Crippen molar-refractivity contribution in [3.8, 4) is 0 Å². The number of hydrogen-bond acceptors (Lipinski definition) is 3. The van der Waals surface area contributed by atoms with Gasteiger partial charge in [-0.05, 0) is 44.2 Å². The third kappa shape index (κ3) is 3.47. The summed E-state index contributed by atoms with van der Waals surface area (Å²) in [6.07, 6.45) is 3.38. The van der Waals surface area contributed by atoms with Crippen LogP contribution in [0.25, 0.3) is 0 Å². The first-order valence-electron chi connectivity index (χ1n) is 9.26. The molecule has 2 aromatic rings. The van der Waals surface area contributed by atoms with Crippen LogP contribution in [-0.2, 0) is 13.0 Å². The largest absolute Gasteiger partial charge is 0.348 e. The maximum atomic E-state index is 12.7. The molecule has 0 spiro atoms. The molecule has 2 aliphatic rings. The smallest absolute Gasteiger partial charge is 0.255 e. The van der Waals surface area contributed by atoms with E-state index in [1.807, 2.05) is 6.92 Å². The van der Waals surface area contributed by atoms with Crippen LogP contribution in [-0.4, -0.2) is 40.1 Å². The number of fused-ring (bicyclic) bond motifs is 1. The molecule has 1 saturated carbocycles. The van der Waals surface area contributed by atoms with E-state index in [1.54, 1.807) is 0 Å². The van der Waals surface area contributed by atoms with E-state index in [-0.39, 0.29) is 11.9 Å². The Morgan fingerprint density at radius 3 is 2.88 bits per heavy atom. The van der Waals surface area contributed by atoms with Crippen molar-refractivity contribution in [2.45, 2.75) is 51.6 Å². The van der Waals surface area contributed by atoms with Crippen molar-refractivity contribution >= 4 is 5.91 Å². The third-order valence-electron chi connectivity index (χ3n) is 5.29. The molecule has 1 aliphatic heterocycles. The molecule has 2 N–H and O–H groups in total. The maximum absolute atomic E-state index is 12.7. The number of rotatable bonds is 5. The first-order chi connectivity index (χ1) is 12.1. The zero-order valence-corrected chi connectivity index (χ0v) is 15.0. The van der Waals surface area contributed by atoms with Gasteiger partial charge in [-0.2, -0.15) is 5.10 Å². The van der Waals surface area contributed by atoms with Gasteiger partial charge < -0.3 is 5.32 Å². The van der Waals surface area contributed by atoms with E-state index in [2.05, 4.69) is 51.6 Å². The number of H-pyrrole nitrogens is 1. The monoisotopic (exact) mass is 338 g/mol. The second-order valence-corrected chi connectivity index (χ2v) is 7.51. The molecule has 0 unspecified atom stereocenters. The second-order valence-electron chi connectivity index (χ2n) is 7.51. The number of carbonyl (C=O) groups excluding carboxylic acids is 1. The molecular weight excluding hydrogens is 312 g/mol. The van der Waals surface area contributed by atoms with Gasteiger partial charge in [0, 0.05) is 37.3 Å². The Labute approximate surface area is 148 Å². The van der Waals surface area contributed by atoms with Gasteiger partial charge in [-0.1, -0.05) is 24.3 Å². The van der Waals surface area contributed by atoms with Crippen LogP contribution in [0.1, 0.15) is 58.6 Å². The molecule has 5 nitrogen and oxygen atoms in total. The minimum atomic E-state index is 0.0121. The van der Waals surface area contributed by atoms with Crippen LogP contribution in [0.5, 0.6) is 0 Å². The van der Waals surface area contributed by atoms with Crippen LogP contribution in [0.4, 0.5) is 0 Å². The lowest BCUT2D eigenvalue weighted by Gasteiger charge is -2.31. The minimum Gasteiger partial charge on any atom is -0.348 e. The fraction of sp³-hybridized carbons (Fsp3) is 0.500. The Kier molecular flexibility index (Phi) is 4.34. The molecule has 25 heavy (non-hydrogen) atoms. The summed E-state index contributed by atoms with van der Waals surface area (Å²) in [7, 11) is 0. The summed E-state index contributed by atoms with van der Waals surface area (Å²) in [5.41, 5.74) is 5.46. The van der Waals surface area contributed by atoms with Crippen LogP contribution in [0.3, 0.4) is 0 Å². The summed E-state index contributed by atoms with van der Waals surface area (Å²) >= 11 is 0. The number of nitrogens with zero attached hydrogens (tertiary/aromatic N) is 2. The molecule has 1 aromatic carbocycles. The van der Waals surface area contributed by atoms with Gasteiger partial charge in [-0.15, -0.1) is 0 Å². The minimum absolute atomic E-state index is 0.0121. The van der Waals surface area contributed by atoms with Crippen molar-refractivity contribution in [3.63, 3.8) is 0 Å². The van der Waals surface area contributed by atoms with Crippen LogP contribution in [0.2, 0.25) is 0 Å². The average molecular weight is 338 g/mol. The van der Waals surface area contributed by atoms with Crippen molar-refractivity contribution in [1.29, 1.82) is 0 Å². The molecule has 0 bridgehead atoms. The first kappa shape index (κ1) is 16.3. The van der Waals surface area contributed by atoms with Crippen molar-refractivity contribution < 1.29 is 4.79 Å². The summed E-state index contributed by atoms with van der Waals surface area (Å²) in [5.74, 6) is 0.484. The van der Waals surface area contributed by atoms with E-state index >= 15 is 0 Å². The van der Waals surface area contributed by atoms with Gasteiger partial charge in [0.1, 0.15) is 0 Å². The number of hydrogen-bond donors (Lipinski definition) is 2. The van der Waals surface area contributed by atoms with Crippen LogP contribution in [0.15, 0.2) is 24.3 Å². The van der Waals surface area contributed by atoms with Crippen LogP contribution in [0, 0.1) is 6.92 Å². The first-order valence-corrected chi connectivity index (χ1v) is 9.26. The second kappa shape index (κ2) is 6.64. The number of amides is 1. The number of aromatic nitrogens is 2. The zero-order chi connectivity index (χ0) is 17.4. The average Bonchev–Trinajstić information content (AvgIpc) is 3.36. The molecule has 1 aromatic heterocycles. The number of carbonyl (C=O) groups is 1. The van der Waals surface area contributed by atoms with Gasteiger partial charge in [0.15, 0.2) is 0 Å². The zero-order valence-electron chi connectivity index (χ0n) is 15.0. The van der Waals surface area contributed by atoms with Crippen molar-refractivity contribution in [1.82, 2.24) is 20.4 Å². The molecule has 1 amide bonds. The van der Waals surface area contributed by atoms with Gasteiger partial charge in [0.05, 0.1) is 11.3 Å². The number of aromatic amines is 1. The topological polar surface area (TPSA) is 61.0 Å². The van der Waals surface area contributed by atoms with E-state index in [0.29, 0.717) is 5.92 Å². The third-order valence-corrected chi connectivity index (χ3v) is 5.29. The van der Waals surface area contributed by atoms with E-state index < -0.39 is 0 Å². The van der Waals surface area contributed by atoms with E-state index in [1.165, 1.54) is 11.1 Å². The van der Waals surface area contributed by atoms with Crippen molar-refractivity contribution in [2.75, 3.05) is 13.1 Å². The highest BCUT2D eigenvalue weighted by atomic mass is 16.1. The fourth-order valence-corrected chi connectivity index (χ4v) is 3.83. The quantitative estimate of drug-likeness (QED) is 0.881. The van der Waals surface area contributed by atoms with Gasteiger partial charge >= 0.3 is 0 Å². The Morgan fingerprint density at radius 2 is 2.12 bits per heavy atom. The predicted octanol–water partition coefficient (Wildman–Crippen LogP) is 2.77. The van der Waals surface area contributed by atoms with E-state index in [9.17, 15) is 4.79 Å². The fourth-order valence-electron chi connectivity index (χ4n) is 3.83. The molecule has 132 valence electrons. The molecule has 4 rings (SSSR count). The van der Waals surface area contributed by atoms with Crippen molar-refractivity contribution in [2.24, 2.45) is 0 Å². The number of aryl methyl sites for hydroxylation is 1. The lowest BCUT2D eigenvalue weighted by molar-refractivity contribution is 0.0925.